The van der Waals surface area contributed by atoms with Gasteiger partial charge in [0, 0.05) is 6.54 Å². The largest absolute Gasteiger partial charge is 0.464 e. The van der Waals surface area contributed by atoms with Gasteiger partial charge in [-0.2, -0.15) is 0 Å². The van der Waals surface area contributed by atoms with Crippen LogP contribution in [0.15, 0.2) is 46.9 Å². The standard InChI is InChI=1S/C16H19NO2/c1-12-8-9-14(19-12)15-10-17-16(2,11-18-15)13-6-4-3-5-7-13/h3-9,15,17H,10-11H2,1-2H3. The molecule has 0 bridgehead atoms. The van der Waals surface area contributed by atoms with Crippen LogP contribution >= 0.6 is 0 Å². The molecule has 0 aliphatic carbocycles. The highest BCUT2D eigenvalue weighted by molar-refractivity contribution is 5.24. The molecule has 1 aromatic heterocycles. The summed E-state index contributed by atoms with van der Waals surface area (Å²) in [5.41, 5.74) is 1.13. The van der Waals surface area contributed by atoms with Crippen LogP contribution in [0, 0.1) is 6.92 Å². The van der Waals surface area contributed by atoms with Gasteiger partial charge in [0.2, 0.25) is 0 Å². The smallest absolute Gasteiger partial charge is 0.134 e. The van der Waals surface area contributed by atoms with Crippen molar-refractivity contribution in [1.29, 1.82) is 0 Å². The SMILES string of the molecule is Cc1ccc(C2CNC(C)(c3ccccc3)CO2)o1. The first-order valence-corrected chi connectivity index (χ1v) is 6.66. The van der Waals surface area contributed by atoms with Gasteiger partial charge in [0.15, 0.2) is 0 Å². The molecule has 0 spiro atoms. The lowest BCUT2D eigenvalue weighted by Crippen LogP contribution is -2.50. The zero-order valence-corrected chi connectivity index (χ0v) is 11.3. The summed E-state index contributed by atoms with van der Waals surface area (Å²) < 4.78 is 11.6. The zero-order chi connectivity index (χ0) is 13.3. The lowest BCUT2D eigenvalue weighted by atomic mass is 9.91. The maximum Gasteiger partial charge on any atom is 0.134 e. The normalized spacial score (nSPS) is 27.4. The van der Waals surface area contributed by atoms with Crippen molar-refractivity contribution in [1.82, 2.24) is 5.32 Å². The average Bonchev–Trinajstić information content (AvgIpc) is 2.87. The molecule has 0 saturated carbocycles. The molecule has 2 unspecified atom stereocenters. The van der Waals surface area contributed by atoms with E-state index in [0.29, 0.717) is 6.61 Å². The van der Waals surface area contributed by atoms with Crippen LogP contribution in [0.25, 0.3) is 0 Å². The maximum atomic E-state index is 5.99. The summed E-state index contributed by atoms with van der Waals surface area (Å²) in [6.07, 6.45) is 0.00508. The number of nitrogens with one attached hydrogen (secondary N) is 1. The molecule has 3 heteroatoms. The molecule has 1 saturated heterocycles. The lowest BCUT2D eigenvalue weighted by molar-refractivity contribution is -0.0406. The van der Waals surface area contributed by atoms with Crippen LogP contribution in [0.2, 0.25) is 0 Å². The molecule has 1 aliphatic rings. The van der Waals surface area contributed by atoms with Crippen molar-refractivity contribution in [2.45, 2.75) is 25.5 Å². The molecule has 2 aromatic rings. The highest BCUT2D eigenvalue weighted by atomic mass is 16.5. The van der Waals surface area contributed by atoms with E-state index >= 15 is 0 Å². The number of ether oxygens (including phenoxy) is 1. The summed E-state index contributed by atoms with van der Waals surface area (Å²) in [5, 5.41) is 3.58. The van der Waals surface area contributed by atoms with Gasteiger partial charge in [0.05, 0.1) is 12.1 Å². The Labute approximate surface area is 113 Å². The minimum atomic E-state index is -0.126. The van der Waals surface area contributed by atoms with Crippen LogP contribution in [0.5, 0.6) is 0 Å². The van der Waals surface area contributed by atoms with Gasteiger partial charge in [-0.05, 0) is 31.5 Å². The summed E-state index contributed by atoms with van der Waals surface area (Å²) >= 11 is 0. The van der Waals surface area contributed by atoms with Gasteiger partial charge < -0.3 is 14.5 Å². The van der Waals surface area contributed by atoms with Gasteiger partial charge in [-0.1, -0.05) is 30.3 Å². The lowest BCUT2D eigenvalue weighted by Gasteiger charge is -2.38. The molecule has 3 nitrogen and oxygen atoms in total. The van der Waals surface area contributed by atoms with Crippen molar-refractivity contribution in [2.24, 2.45) is 0 Å². The monoisotopic (exact) mass is 257 g/mol. The van der Waals surface area contributed by atoms with Crippen molar-refractivity contribution < 1.29 is 9.15 Å². The van der Waals surface area contributed by atoms with Crippen molar-refractivity contribution in [3.05, 3.63) is 59.5 Å². The minimum absolute atomic E-state index is 0.00508. The second-order valence-corrected chi connectivity index (χ2v) is 5.33. The number of benzene rings is 1. The Morgan fingerprint density at radius 1 is 1.16 bits per heavy atom. The van der Waals surface area contributed by atoms with Crippen LogP contribution in [0.1, 0.15) is 30.1 Å². The number of furan rings is 1. The van der Waals surface area contributed by atoms with E-state index in [1.165, 1.54) is 5.56 Å². The Kier molecular flexibility index (Phi) is 3.17. The summed E-state index contributed by atoms with van der Waals surface area (Å²) in [6, 6.07) is 14.4. The van der Waals surface area contributed by atoms with Gasteiger partial charge in [0.25, 0.3) is 0 Å². The molecule has 1 fully saturated rings. The zero-order valence-electron chi connectivity index (χ0n) is 11.3. The predicted molar refractivity (Wildman–Crippen MR) is 73.9 cm³/mol. The van der Waals surface area contributed by atoms with Gasteiger partial charge in [-0.25, -0.2) is 0 Å². The summed E-state index contributed by atoms with van der Waals surface area (Å²) in [7, 11) is 0. The molecule has 1 aliphatic heterocycles. The van der Waals surface area contributed by atoms with E-state index in [-0.39, 0.29) is 11.6 Å². The Balaban J connectivity index is 1.72. The molecular formula is C16H19NO2. The van der Waals surface area contributed by atoms with Crippen LogP contribution in [-0.4, -0.2) is 13.2 Å². The van der Waals surface area contributed by atoms with Gasteiger partial charge in [-0.15, -0.1) is 0 Å². The van der Waals surface area contributed by atoms with Gasteiger partial charge in [-0.3, -0.25) is 0 Å². The second kappa shape index (κ2) is 4.83. The third kappa shape index (κ3) is 2.44. The van der Waals surface area contributed by atoms with Crippen molar-refractivity contribution in [3.8, 4) is 0 Å². The van der Waals surface area contributed by atoms with Crippen molar-refractivity contribution in [3.63, 3.8) is 0 Å². The van der Waals surface area contributed by atoms with E-state index in [0.717, 1.165) is 18.1 Å². The number of aryl methyl sites for hydroxylation is 1. The molecule has 0 radical (unpaired) electrons. The first kappa shape index (κ1) is 12.5. The highest BCUT2D eigenvalue weighted by Gasteiger charge is 2.34. The second-order valence-electron chi connectivity index (χ2n) is 5.33. The fourth-order valence-corrected chi connectivity index (χ4v) is 2.50. The number of rotatable bonds is 2. The van der Waals surface area contributed by atoms with Crippen LogP contribution in [0.3, 0.4) is 0 Å². The molecule has 1 aromatic carbocycles. The molecule has 100 valence electrons. The van der Waals surface area contributed by atoms with Crippen molar-refractivity contribution >= 4 is 0 Å². The van der Waals surface area contributed by atoms with E-state index in [9.17, 15) is 0 Å². The van der Waals surface area contributed by atoms with Crippen molar-refractivity contribution in [2.75, 3.05) is 13.2 Å². The topological polar surface area (TPSA) is 34.4 Å². The fourth-order valence-electron chi connectivity index (χ4n) is 2.50. The van der Waals surface area contributed by atoms with E-state index in [2.05, 4.69) is 36.5 Å². The molecular weight excluding hydrogens is 238 g/mol. The molecule has 2 heterocycles. The van der Waals surface area contributed by atoms with Gasteiger partial charge in [0.1, 0.15) is 17.6 Å². The number of morpholine rings is 1. The first-order chi connectivity index (χ1) is 9.17. The Morgan fingerprint density at radius 3 is 2.53 bits per heavy atom. The maximum absolute atomic E-state index is 5.99. The third-order valence-electron chi connectivity index (χ3n) is 3.74. The summed E-state index contributed by atoms with van der Waals surface area (Å²) in [6.45, 7) is 5.53. The van der Waals surface area contributed by atoms with Crippen LogP contribution in [0.4, 0.5) is 0 Å². The molecule has 3 rings (SSSR count). The Bertz CT molecular complexity index is 539. The molecule has 0 amide bonds. The molecule has 1 N–H and O–H groups in total. The van der Waals surface area contributed by atoms with Gasteiger partial charge >= 0.3 is 0 Å². The first-order valence-electron chi connectivity index (χ1n) is 6.66. The molecule has 2 atom stereocenters. The third-order valence-corrected chi connectivity index (χ3v) is 3.74. The Hall–Kier alpha value is -1.58. The van der Waals surface area contributed by atoms with Crippen LogP contribution < -0.4 is 5.32 Å². The minimum Gasteiger partial charge on any atom is -0.464 e. The van der Waals surface area contributed by atoms with Crippen LogP contribution in [-0.2, 0) is 10.3 Å². The quantitative estimate of drug-likeness (QED) is 0.897. The number of hydrogen-bond donors (Lipinski definition) is 1. The highest BCUT2D eigenvalue weighted by Crippen LogP contribution is 2.30. The predicted octanol–water partition coefficient (Wildman–Crippen LogP) is 3.16. The Morgan fingerprint density at radius 2 is 1.95 bits per heavy atom. The van der Waals surface area contributed by atoms with E-state index in [1.54, 1.807) is 0 Å². The fraction of sp³-hybridized carbons (Fsp3) is 0.375. The molecule has 19 heavy (non-hydrogen) atoms. The number of hydrogen-bond acceptors (Lipinski definition) is 3. The average molecular weight is 257 g/mol. The van der Waals surface area contributed by atoms with E-state index in [1.807, 2.05) is 25.1 Å². The summed E-state index contributed by atoms with van der Waals surface area (Å²) in [4.78, 5) is 0. The van der Waals surface area contributed by atoms with E-state index < -0.39 is 0 Å². The summed E-state index contributed by atoms with van der Waals surface area (Å²) in [5.74, 6) is 1.83. The van der Waals surface area contributed by atoms with E-state index in [4.69, 9.17) is 9.15 Å².